The Morgan fingerprint density at radius 3 is 2.00 bits per heavy atom. The Labute approximate surface area is 118 Å². The molecule has 20 heavy (non-hydrogen) atoms. The molecule has 0 aliphatic heterocycles. The van der Waals surface area contributed by atoms with Crippen molar-refractivity contribution in [2.24, 2.45) is 0 Å². The maximum absolute atomic E-state index is 10.6. The zero-order chi connectivity index (χ0) is 14.4. The summed E-state index contributed by atoms with van der Waals surface area (Å²) < 4.78 is 35.8. The first-order valence-corrected chi connectivity index (χ1v) is 7.96. The SMILES string of the molecule is O=S(=O)([O-])CCc1cc[n+](CC[n+]2ccccc2)cc1. The first-order valence-electron chi connectivity index (χ1n) is 6.38. The van der Waals surface area contributed by atoms with E-state index in [1.54, 1.807) is 0 Å². The van der Waals surface area contributed by atoms with E-state index in [1.807, 2.05) is 59.7 Å². The zero-order valence-corrected chi connectivity index (χ0v) is 11.9. The topological polar surface area (TPSA) is 65.0 Å². The normalized spacial score (nSPS) is 11.4. The zero-order valence-electron chi connectivity index (χ0n) is 11.1. The molecule has 2 heterocycles. The van der Waals surface area contributed by atoms with Crippen LogP contribution in [-0.2, 0) is 29.6 Å². The fourth-order valence-corrected chi connectivity index (χ4v) is 2.35. The molecule has 2 aromatic heterocycles. The summed E-state index contributed by atoms with van der Waals surface area (Å²) in [5.74, 6) is -0.350. The third kappa shape index (κ3) is 5.07. The van der Waals surface area contributed by atoms with Crippen LogP contribution in [0.1, 0.15) is 5.56 Å². The van der Waals surface area contributed by atoms with Crippen LogP contribution >= 0.6 is 0 Å². The minimum absolute atomic E-state index is 0.264. The summed E-state index contributed by atoms with van der Waals surface area (Å²) in [5.41, 5.74) is 0.855. The van der Waals surface area contributed by atoms with Gasteiger partial charge in [0.05, 0.1) is 10.1 Å². The second-order valence-electron chi connectivity index (χ2n) is 4.57. The van der Waals surface area contributed by atoms with Crippen LogP contribution in [-0.4, -0.2) is 18.7 Å². The molecule has 0 aromatic carbocycles. The lowest BCUT2D eigenvalue weighted by atomic mass is 10.2. The third-order valence-electron chi connectivity index (χ3n) is 2.99. The minimum Gasteiger partial charge on any atom is -0.748 e. The quantitative estimate of drug-likeness (QED) is 0.558. The van der Waals surface area contributed by atoms with Crippen LogP contribution in [0.4, 0.5) is 0 Å². The van der Waals surface area contributed by atoms with Crippen molar-refractivity contribution < 1.29 is 22.1 Å². The number of hydrogen-bond donors (Lipinski definition) is 0. The smallest absolute Gasteiger partial charge is 0.206 e. The molecule has 6 heteroatoms. The highest BCUT2D eigenvalue weighted by Crippen LogP contribution is 1.98. The average Bonchev–Trinajstić information content (AvgIpc) is 2.44. The Bertz CT molecular complexity index is 640. The van der Waals surface area contributed by atoms with Crippen LogP contribution in [0.5, 0.6) is 0 Å². The Morgan fingerprint density at radius 2 is 1.45 bits per heavy atom. The van der Waals surface area contributed by atoms with Crippen molar-refractivity contribution in [3.63, 3.8) is 0 Å². The summed E-state index contributed by atoms with van der Waals surface area (Å²) in [7, 11) is -4.14. The molecule has 5 nitrogen and oxygen atoms in total. The molecule has 2 rings (SSSR count). The molecule has 0 unspecified atom stereocenters. The van der Waals surface area contributed by atoms with Crippen molar-refractivity contribution in [2.45, 2.75) is 19.5 Å². The van der Waals surface area contributed by atoms with Gasteiger partial charge in [-0.25, -0.2) is 8.42 Å². The number of aryl methyl sites for hydroxylation is 3. The first-order chi connectivity index (χ1) is 9.53. The molecule has 0 saturated heterocycles. The molecule has 0 aliphatic carbocycles. The molecule has 0 aliphatic rings. The van der Waals surface area contributed by atoms with Crippen molar-refractivity contribution in [1.29, 1.82) is 0 Å². The third-order valence-corrected chi connectivity index (χ3v) is 3.70. The van der Waals surface area contributed by atoms with Gasteiger partial charge in [-0.3, -0.25) is 0 Å². The summed E-state index contributed by atoms with van der Waals surface area (Å²) in [6.07, 6.45) is 8.08. The summed E-state index contributed by atoms with van der Waals surface area (Å²) in [4.78, 5) is 0. The van der Waals surface area contributed by atoms with Gasteiger partial charge in [-0.15, -0.1) is 0 Å². The molecule has 0 radical (unpaired) electrons. The molecule has 0 fully saturated rings. The standard InChI is InChI=1S/C14H17N2O3S/c17-20(18,19)13-6-14-4-9-16(10-5-14)12-11-15-7-2-1-3-8-15/h1-5,7-10H,6,11-13H2/q+1. The van der Waals surface area contributed by atoms with Gasteiger partial charge in [-0.2, -0.15) is 9.13 Å². The monoisotopic (exact) mass is 293 g/mol. The lowest BCUT2D eigenvalue weighted by Gasteiger charge is -2.05. The predicted molar refractivity (Wildman–Crippen MR) is 71.5 cm³/mol. The first kappa shape index (κ1) is 14.6. The number of nitrogens with zero attached hydrogens (tertiary/aromatic N) is 2. The maximum atomic E-state index is 10.6. The van der Waals surface area contributed by atoms with E-state index >= 15 is 0 Å². The van der Waals surface area contributed by atoms with Crippen LogP contribution in [0.15, 0.2) is 55.1 Å². The maximum Gasteiger partial charge on any atom is 0.206 e. The Hall–Kier alpha value is -1.79. The van der Waals surface area contributed by atoms with Crippen molar-refractivity contribution in [1.82, 2.24) is 0 Å². The van der Waals surface area contributed by atoms with Crippen LogP contribution in [0.2, 0.25) is 0 Å². The van der Waals surface area contributed by atoms with Crippen molar-refractivity contribution in [2.75, 3.05) is 5.75 Å². The molecule has 0 N–H and O–H groups in total. The second kappa shape index (κ2) is 6.58. The summed E-state index contributed by atoms with van der Waals surface area (Å²) in [6, 6.07) is 9.64. The van der Waals surface area contributed by atoms with Gasteiger partial charge in [0.25, 0.3) is 0 Å². The van der Waals surface area contributed by atoms with E-state index in [0.29, 0.717) is 0 Å². The molecule has 106 valence electrons. The molecule has 2 aromatic rings. The number of pyridine rings is 2. The highest BCUT2D eigenvalue weighted by atomic mass is 32.2. The van der Waals surface area contributed by atoms with E-state index in [9.17, 15) is 13.0 Å². The lowest BCUT2D eigenvalue weighted by Crippen LogP contribution is -2.43. The number of aromatic nitrogens is 2. The predicted octanol–water partition coefficient (Wildman–Crippen LogP) is 0.0495. The highest BCUT2D eigenvalue weighted by Gasteiger charge is 2.06. The Morgan fingerprint density at radius 1 is 0.900 bits per heavy atom. The van der Waals surface area contributed by atoms with E-state index in [2.05, 4.69) is 4.57 Å². The lowest BCUT2D eigenvalue weighted by molar-refractivity contribution is -0.778. The van der Waals surface area contributed by atoms with Gasteiger partial charge in [0.15, 0.2) is 24.8 Å². The fourth-order valence-electron chi connectivity index (χ4n) is 1.86. The molecule has 0 bridgehead atoms. The van der Waals surface area contributed by atoms with E-state index in [1.165, 1.54) is 0 Å². The largest absolute Gasteiger partial charge is 0.748 e. The van der Waals surface area contributed by atoms with Gasteiger partial charge in [0.1, 0.15) is 0 Å². The van der Waals surface area contributed by atoms with Crippen molar-refractivity contribution in [3.05, 3.63) is 60.7 Å². The molecular weight excluding hydrogens is 276 g/mol. The van der Waals surface area contributed by atoms with Gasteiger partial charge >= 0.3 is 0 Å². The number of hydrogen-bond acceptors (Lipinski definition) is 3. The summed E-state index contributed by atoms with van der Waals surface area (Å²) in [6.45, 7) is 1.69. The van der Waals surface area contributed by atoms with Gasteiger partial charge in [0.2, 0.25) is 13.1 Å². The highest BCUT2D eigenvalue weighted by molar-refractivity contribution is 7.85. The molecule has 0 saturated carbocycles. The van der Waals surface area contributed by atoms with E-state index in [-0.39, 0.29) is 12.2 Å². The van der Waals surface area contributed by atoms with Gasteiger partial charge in [-0.05, 0) is 12.0 Å². The van der Waals surface area contributed by atoms with Crippen LogP contribution in [0, 0.1) is 0 Å². The second-order valence-corrected chi connectivity index (χ2v) is 6.09. The molecule has 0 atom stereocenters. The van der Waals surface area contributed by atoms with Gasteiger partial charge < -0.3 is 4.55 Å². The van der Waals surface area contributed by atoms with Crippen LogP contribution < -0.4 is 9.13 Å². The van der Waals surface area contributed by atoms with Crippen LogP contribution in [0.3, 0.4) is 0 Å². The molecular formula is C14H17N2O3S+. The van der Waals surface area contributed by atoms with Crippen molar-refractivity contribution in [3.8, 4) is 0 Å². The van der Waals surface area contributed by atoms with Gasteiger partial charge in [0, 0.05) is 30.0 Å². The summed E-state index contributed by atoms with van der Waals surface area (Å²) >= 11 is 0. The minimum atomic E-state index is -4.14. The number of rotatable bonds is 6. The van der Waals surface area contributed by atoms with E-state index < -0.39 is 10.1 Å². The van der Waals surface area contributed by atoms with Crippen LogP contribution in [0.25, 0.3) is 0 Å². The molecule has 0 spiro atoms. The Kier molecular flexibility index (Phi) is 4.81. The van der Waals surface area contributed by atoms with E-state index in [0.717, 1.165) is 18.7 Å². The van der Waals surface area contributed by atoms with Crippen molar-refractivity contribution >= 4 is 10.1 Å². The average molecular weight is 293 g/mol. The Balaban J connectivity index is 1.88. The molecule has 0 amide bonds. The fraction of sp³-hybridized carbons (Fsp3) is 0.286. The summed E-state index contributed by atoms with van der Waals surface area (Å²) in [5, 5.41) is 0. The van der Waals surface area contributed by atoms with Gasteiger partial charge in [-0.1, -0.05) is 6.07 Å². The van der Waals surface area contributed by atoms with E-state index in [4.69, 9.17) is 0 Å².